The van der Waals surface area contributed by atoms with E-state index in [1.54, 1.807) is 0 Å². The molecule has 13 heavy (non-hydrogen) atoms. The highest BCUT2D eigenvalue weighted by molar-refractivity contribution is 7.86. The molecule has 6 nitrogen and oxygen atoms in total. The minimum absolute atomic E-state index is 0.147. The van der Waals surface area contributed by atoms with Crippen LogP contribution in [0.1, 0.15) is 6.92 Å². The Labute approximate surface area is 76.4 Å². The summed E-state index contributed by atoms with van der Waals surface area (Å²) in [5, 5.41) is 2.26. The smallest absolute Gasteiger partial charge is 0.265 e. The lowest BCUT2D eigenvalue weighted by Crippen LogP contribution is -2.34. The maximum absolute atomic E-state index is 10.6. The first-order chi connectivity index (χ1) is 5.85. The highest BCUT2D eigenvalue weighted by Gasteiger charge is 2.14. The van der Waals surface area contributed by atoms with Crippen molar-refractivity contribution >= 4 is 22.3 Å². The van der Waals surface area contributed by atoms with Gasteiger partial charge in [0.2, 0.25) is 5.91 Å². The Bertz CT molecular complexity index is 283. The van der Waals surface area contributed by atoms with E-state index in [4.69, 9.17) is 0 Å². The van der Waals surface area contributed by atoms with Gasteiger partial charge in [-0.05, 0) is 0 Å². The molecule has 0 aromatic carbocycles. The maximum atomic E-state index is 10.6. The first-order valence-electron chi connectivity index (χ1n) is 3.43. The monoisotopic (exact) mass is 209 g/mol. The third-order valence-corrected chi connectivity index (χ3v) is 1.60. The van der Waals surface area contributed by atoms with Gasteiger partial charge in [0.25, 0.3) is 10.1 Å². The summed E-state index contributed by atoms with van der Waals surface area (Å²) >= 11 is 0. The largest absolute Gasteiger partial charge is 0.353 e. The highest BCUT2D eigenvalue weighted by Crippen LogP contribution is 1.93. The average molecular weight is 209 g/mol. The van der Waals surface area contributed by atoms with Gasteiger partial charge >= 0.3 is 0 Å². The number of nitrogens with one attached hydrogen (secondary N) is 1. The number of aldehydes is 1. The van der Waals surface area contributed by atoms with E-state index in [1.165, 1.54) is 6.92 Å². The van der Waals surface area contributed by atoms with Gasteiger partial charge in [0, 0.05) is 6.92 Å². The predicted molar refractivity (Wildman–Crippen MR) is 44.5 cm³/mol. The van der Waals surface area contributed by atoms with Crippen molar-refractivity contribution in [1.82, 2.24) is 5.32 Å². The molecule has 76 valence electrons. The topological polar surface area (TPSA) is 89.5 Å². The van der Waals surface area contributed by atoms with Crippen molar-refractivity contribution in [1.29, 1.82) is 0 Å². The Morgan fingerprint density at radius 3 is 2.46 bits per heavy atom. The van der Waals surface area contributed by atoms with E-state index in [2.05, 4.69) is 9.50 Å². The fraction of sp³-hybridized carbons (Fsp3) is 0.667. The van der Waals surface area contributed by atoms with Crippen molar-refractivity contribution in [2.75, 3.05) is 12.8 Å². The molecular formula is C6H11NO5S. The molecule has 1 N–H and O–H groups in total. The zero-order valence-corrected chi connectivity index (χ0v) is 8.13. The van der Waals surface area contributed by atoms with Gasteiger partial charge < -0.3 is 10.1 Å². The van der Waals surface area contributed by atoms with Crippen molar-refractivity contribution in [2.45, 2.75) is 13.0 Å². The van der Waals surface area contributed by atoms with Crippen molar-refractivity contribution < 1.29 is 22.2 Å². The van der Waals surface area contributed by atoms with E-state index >= 15 is 0 Å². The third kappa shape index (κ3) is 7.41. The summed E-state index contributed by atoms with van der Waals surface area (Å²) in [5.74, 6) is -0.357. The molecule has 0 aliphatic carbocycles. The predicted octanol–water partition coefficient (Wildman–Crippen LogP) is -1.33. The molecule has 0 aliphatic heterocycles. The molecule has 0 aromatic heterocycles. The van der Waals surface area contributed by atoms with Crippen molar-refractivity contribution in [3.63, 3.8) is 0 Å². The van der Waals surface area contributed by atoms with Gasteiger partial charge in [-0.3, -0.25) is 8.98 Å². The number of amides is 1. The van der Waals surface area contributed by atoms with E-state index in [0.29, 0.717) is 6.29 Å². The molecule has 1 amide bonds. The minimum Gasteiger partial charge on any atom is -0.353 e. The van der Waals surface area contributed by atoms with Crippen LogP contribution in [0, 0.1) is 0 Å². The lowest BCUT2D eigenvalue weighted by molar-refractivity contribution is -0.120. The number of hydrogen-bond donors (Lipinski definition) is 1. The first kappa shape index (κ1) is 12.0. The normalized spacial score (nSPS) is 13.4. The Morgan fingerprint density at radius 2 is 2.15 bits per heavy atom. The van der Waals surface area contributed by atoms with Gasteiger partial charge in [-0.2, -0.15) is 8.42 Å². The average Bonchev–Trinajstić information content (AvgIpc) is 1.95. The second-order valence-electron chi connectivity index (χ2n) is 2.41. The lowest BCUT2D eigenvalue weighted by Gasteiger charge is -2.09. The Balaban J connectivity index is 4.05. The number of carbonyl (C=O) groups is 2. The van der Waals surface area contributed by atoms with Gasteiger partial charge in [0.15, 0.2) is 6.29 Å². The quantitative estimate of drug-likeness (QED) is 0.447. The van der Waals surface area contributed by atoms with Crippen LogP contribution in [-0.2, 0) is 23.9 Å². The summed E-state index contributed by atoms with van der Waals surface area (Å²) in [4.78, 5) is 20.7. The third-order valence-electron chi connectivity index (χ3n) is 1.00. The molecule has 0 saturated carbocycles. The zero-order valence-electron chi connectivity index (χ0n) is 7.31. The number of carbonyl (C=O) groups excluding carboxylic acids is 2. The summed E-state index contributed by atoms with van der Waals surface area (Å²) in [7, 11) is -3.67. The summed E-state index contributed by atoms with van der Waals surface area (Å²) in [6, 6.07) is 0. The molecule has 0 bridgehead atoms. The minimum atomic E-state index is -3.67. The molecule has 0 saturated heterocycles. The Kier molecular flexibility index (Phi) is 4.57. The van der Waals surface area contributed by atoms with Crippen LogP contribution in [-0.4, -0.2) is 39.5 Å². The van der Waals surface area contributed by atoms with Crippen LogP contribution in [0.25, 0.3) is 0 Å². The van der Waals surface area contributed by atoms with Crippen molar-refractivity contribution in [3.05, 3.63) is 0 Å². The van der Waals surface area contributed by atoms with E-state index in [1.807, 2.05) is 0 Å². The molecule has 7 heteroatoms. The molecule has 0 spiro atoms. The van der Waals surface area contributed by atoms with E-state index in [-0.39, 0.29) is 12.5 Å². The van der Waals surface area contributed by atoms with Crippen LogP contribution >= 0.6 is 0 Å². The Hall–Kier alpha value is -0.950. The number of rotatable bonds is 5. The fourth-order valence-electron chi connectivity index (χ4n) is 0.574. The maximum Gasteiger partial charge on any atom is 0.265 e. The van der Waals surface area contributed by atoms with Crippen LogP contribution in [0.3, 0.4) is 0 Å². The van der Waals surface area contributed by atoms with Gasteiger partial charge in [0.05, 0.1) is 12.8 Å². The van der Waals surface area contributed by atoms with Gasteiger partial charge in [-0.25, -0.2) is 0 Å². The fourth-order valence-corrected chi connectivity index (χ4v) is 1.14. The molecule has 1 unspecified atom stereocenters. The van der Waals surface area contributed by atoms with Crippen LogP contribution in [0.15, 0.2) is 0 Å². The van der Waals surface area contributed by atoms with Crippen molar-refractivity contribution in [2.24, 2.45) is 0 Å². The second-order valence-corrected chi connectivity index (χ2v) is 4.01. The molecule has 0 aromatic rings. The SMILES string of the molecule is CC(=O)NCC(C=O)OS(C)(=O)=O. The van der Waals surface area contributed by atoms with Gasteiger partial charge in [-0.1, -0.05) is 0 Å². The van der Waals surface area contributed by atoms with Crippen LogP contribution < -0.4 is 5.32 Å². The second kappa shape index (κ2) is 4.93. The van der Waals surface area contributed by atoms with Crippen LogP contribution in [0.2, 0.25) is 0 Å². The molecule has 1 atom stereocenters. The van der Waals surface area contributed by atoms with Crippen molar-refractivity contribution in [3.8, 4) is 0 Å². The van der Waals surface area contributed by atoms with E-state index < -0.39 is 16.2 Å². The summed E-state index contributed by atoms with van der Waals surface area (Å²) < 4.78 is 25.4. The summed E-state index contributed by atoms with van der Waals surface area (Å²) in [6.45, 7) is 1.11. The molecule has 0 aliphatic rings. The molecule has 0 heterocycles. The first-order valence-corrected chi connectivity index (χ1v) is 5.25. The lowest BCUT2D eigenvalue weighted by atomic mass is 10.4. The summed E-state index contributed by atoms with van der Waals surface area (Å²) in [5.41, 5.74) is 0. The van der Waals surface area contributed by atoms with Crippen LogP contribution in [0.4, 0.5) is 0 Å². The molecular weight excluding hydrogens is 198 g/mol. The highest BCUT2D eigenvalue weighted by atomic mass is 32.2. The van der Waals surface area contributed by atoms with Gasteiger partial charge in [-0.15, -0.1) is 0 Å². The Morgan fingerprint density at radius 1 is 1.62 bits per heavy atom. The number of hydrogen-bond acceptors (Lipinski definition) is 5. The van der Waals surface area contributed by atoms with E-state index in [9.17, 15) is 18.0 Å². The summed E-state index contributed by atoms with van der Waals surface area (Å²) in [6.07, 6.45) is -0.00672. The van der Waals surface area contributed by atoms with Gasteiger partial charge in [0.1, 0.15) is 6.10 Å². The zero-order chi connectivity index (χ0) is 10.5. The van der Waals surface area contributed by atoms with E-state index in [0.717, 1.165) is 6.26 Å². The molecule has 0 rings (SSSR count). The molecule has 0 fully saturated rings. The standard InChI is InChI=1S/C6H11NO5S/c1-5(9)7-3-6(4-8)12-13(2,10)11/h4,6H,3H2,1-2H3,(H,7,9). The van der Waals surface area contributed by atoms with Crippen LogP contribution in [0.5, 0.6) is 0 Å². The molecule has 0 radical (unpaired) electrons.